The molecule has 0 aromatic carbocycles. The molecular weight excluding hydrogens is 444 g/mol. The highest BCUT2D eigenvalue weighted by Gasteiger charge is 2.28. The van der Waals surface area contributed by atoms with Gasteiger partial charge in [0, 0.05) is 31.2 Å². The van der Waals surface area contributed by atoms with Crippen molar-refractivity contribution >= 4 is 35.6 Å². The fourth-order valence-electron chi connectivity index (χ4n) is 2.58. The van der Waals surface area contributed by atoms with Crippen LogP contribution in [0.3, 0.4) is 0 Å². The number of carboxylic acids is 3. The summed E-state index contributed by atoms with van der Waals surface area (Å²) in [5, 5.41) is 33.3. The van der Waals surface area contributed by atoms with Crippen molar-refractivity contribution in [3.8, 4) is 0 Å². The number of carbonyl (C=O) groups is 6. The molecule has 1 aromatic heterocycles. The maximum absolute atomic E-state index is 12.6. The zero-order valence-electron chi connectivity index (χ0n) is 17.4. The van der Waals surface area contributed by atoms with Crippen LogP contribution in [0.4, 0.5) is 0 Å². The van der Waals surface area contributed by atoms with Crippen LogP contribution in [0, 0.1) is 0 Å². The van der Waals surface area contributed by atoms with Gasteiger partial charge in [-0.25, -0.2) is 9.78 Å². The van der Waals surface area contributed by atoms with Crippen LogP contribution in [0.15, 0.2) is 12.5 Å². The van der Waals surface area contributed by atoms with Gasteiger partial charge in [0.05, 0.1) is 18.9 Å². The van der Waals surface area contributed by atoms with Gasteiger partial charge in [0.1, 0.15) is 12.1 Å². The number of nitrogens with one attached hydrogen (secondary N) is 4. The predicted molar refractivity (Wildman–Crippen MR) is 109 cm³/mol. The van der Waals surface area contributed by atoms with Crippen molar-refractivity contribution < 1.29 is 44.1 Å². The van der Waals surface area contributed by atoms with Crippen LogP contribution >= 0.6 is 0 Å². The summed E-state index contributed by atoms with van der Waals surface area (Å²) >= 11 is 0. The van der Waals surface area contributed by atoms with Crippen molar-refractivity contribution in [1.82, 2.24) is 25.9 Å². The average molecular weight is 470 g/mol. The Morgan fingerprint density at radius 3 is 2.12 bits per heavy atom. The molecule has 1 aromatic rings. The molecule has 0 aliphatic carbocycles. The number of aromatic amines is 1. The monoisotopic (exact) mass is 470 g/mol. The third kappa shape index (κ3) is 10.7. The van der Waals surface area contributed by atoms with E-state index in [0.29, 0.717) is 5.69 Å². The summed E-state index contributed by atoms with van der Waals surface area (Å²) < 4.78 is 0. The largest absolute Gasteiger partial charge is 0.481 e. The summed E-state index contributed by atoms with van der Waals surface area (Å²) in [6.45, 7) is -0.576. The van der Waals surface area contributed by atoms with Crippen LogP contribution in [0.1, 0.15) is 31.4 Å². The van der Waals surface area contributed by atoms with E-state index in [-0.39, 0.29) is 25.7 Å². The van der Waals surface area contributed by atoms with E-state index >= 15 is 0 Å². The van der Waals surface area contributed by atoms with Gasteiger partial charge in [-0.2, -0.15) is 0 Å². The topological polar surface area (TPSA) is 254 Å². The molecule has 9 N–H and O–H groups in total. The van der Waals surface area contributed by atoms with E-state index in [2.05, 4.69) is 25.9 Å². The number of carbonyl (C=O) groups excluding carboxylic acids is 3. The van der Waals surface area contributed by atoms with Gasteiger partial charge in [0.15, 0.2) is 0 Å². The molecule has 0 saturated heterocycles. The van der Waals surface area contributed by atoms with Gasteiger partial charge in [0.25, 0.3) is 0 Å². The van der Waals surface area contributed by atoms with Gasteiger partial charge >= 0.3 is 17.9 Å². The van der Waals surface area contributed by atoms with Crippen LogP contribution in [-0.2, 0) is 35.2 Å². The molecule has 0 fully saturated rings. The van der Waals surface area contributed by atoms with Gasteiger partial charge in [-0.05, 0) is 12.8 Å². The lowest BCUT2D eigenvalue weighted by atomic mass is 10.1. The number of aromatic nitrogens is 2. The number of carboxylic acid groups (broad SMARTS) is 3. The predicted octanol–water partition coefficient (Wildman–Crippen LogP) is -2.82. The van der Waals surface area contributed by atoms with E-state index in [9.17, 15) is 33.9 Å². The third-order valence-corrected chi connectivity index (χ3v) is 4.32. The molecular formula is C18H26N6O9. The zero-order chi connectivity index (χ0) is 25.0. The van der Waals surface area contributed by atoms with Crippen LogP contribution in [0.25, 0.3) is 0 Å². The molecule has 1 heterocycles. The first kappa shape index (κ1) is 27.0. The Morgan fingerprint density at radius 2 is 1.58 bits per heavy atom. The SMILES string of the molecule is NC(CCC(=O)O)C(=O)NCC(=O)NC(Cc1cnc[nH]1)C(=O)NC(CCC(=O)O)C(=O)O. The molecule has 15 heteroatoms. The number of amides is 3. The highest BCUT2D eigenvalue weighted by molar-refractivity contribution is 5.92. The quantitative estimate of drug-likeness (QED) is 0.130. The molecule has 3 unspecified atom stereocenters. The molecule has 1 rings (SSSR count). The normalized spacial score (nSPS) is 13.2. The highest BCUT2D eigenvalue weighted by atomic mass is 16.4. The lowest BCUT2D eigenvalue weighted by Gasteiger charge is -2.21. The standard InChI is InChI=1S/C18H26N6O9/c19-10(1-3-14(26)27)16(30)21-7-13(25)23-12(5-9-6-20-8-22-9)17(31)24-11(18(32)33)2-4-15(28)29/h6,8,10-12H,1-5,7,19H2,(H,20,22)(H,21,30)(H,23,25)(H,24,31)(H,26,27)(H,28,29)(H,32,33). The second-order valence-electron chi connectivity index (χ2n) is 6.99. The number of nitrogens with two attached hydrogens (primary N) is 1. The first-order chi connectivity index (χ1) is 15.5. The lowest BCUT2D eigenvalue weighted by molar-refractivity contribution is -0.143. The fraction of sp³-hybridized carbons (Fsp3) is 0.500. The summed E-state index contributed by atoms with van der Waals surface area (Å²) in [5.74, 6) is -6.27. The van der Waals surface area contributed by atoms with E-state index in [1.807, 2.05) is 0 Å². The minimum atomic E-state index is -1.50. The van der Waals surface area contributed by atoms with E-state index in [1.54, 1.807) is 0 Å². The molecule has 0 spiro atoms. The Bertz CT molecular complexity index is 858. The molecule has 0 saturated carbocycles. The molecule has 3 atom stereocenters. The van der Waals surface area contributed by atoms with E-state index in [0.717, 1.165) is 0 Å². The lowest BCUT2D eigenvalue weighted by Crippen LogP contribution is -2.54. The van der Waals surface area contributed by atoms with Gasteiger partial charge in [0.2, 0.25) is 17.7 Å². The summed E-state index contributed by atoms with van der Waals surface area (Å²) in [4.78, 5) is 75.8. The number of H-pyrrole nitrogens is 1. The molecule has 33 heavy (non-hydrogen) atoms. The van der Waals surface area contributed by atoms with Gasteiger partial charge < -0.3 is 42.0 Å². The number of hydrogen-bond acceptors (Lipinski definition) is 8. The molecule has 3 amide bonds. The summed E-state index contributed by atoms with van der Waals surface area (Å²) in [5.41, 5.74) is 5.98. The van der Waals surface area contributed by atoms with Crippen LogP contribution in [0.2, 0.25) is 0 Å². The summed E-state index contributed by atoms with van der Waals surface area (Å²) in [7, 11) is 0. The first-order valence-electron chi connectivity index (χ1n) is 9.76. The molecule has 0 radical (unpaired) electrons. The molecule has 0 aliphatic heterocycles. The Labute approximate surface area is 187 Å². The second kappa shape index (κ2) is 13.4. The van der Waals surface area contributed by atoms with Crippen LogP contribution in [-0.4, -0.2) is 85.6 Å². The number of nitrogens with zero attached hydrogens (tertiary/aromatic N) is 1. The summed E-state index contributed by atoms with van der Waals surface area (Å²) in [6.07, 6.45) is 1.27. The van der Waals surface area contributed by atoms with Crippen molar-refractivity contribution in [2.24, 2.45) is 5.73 Å². The summed E-state index contributed by atoms with van der Waals surface area (Å²) in [6, 6.07) is -3.92. The third-order valence-electron chi connectivity index (χ3n) is 4.32. The minimum absolute atomic E-state index is 0.102. The smallest absolute Gasteiger partial charge is 0.326 e. The first-order valence-corrected chi connectivity index (χ1v) is 9.76. The van der Waals surface area contributed by atoms with E-state index in [4.69, 9.17) is 15.9 Å². The molecule has 15 nitrogen and oxygen atoms in total. The number of hydrogen-bond donors (Lipinski definition) is 8. The van der Waals surface area contributed by atoms with Crippen molar-refractivity contribution in [2.75, 3.05) is 6.54 Å². The zero-order valence-corrected chi connectivity index (χ0v) is 17.4. The Kier molecular flexibility index (Phi) is 11.0. The molecule has 0 bridgehead atoms. The maximum atomic E-state index is 12.6. The van der Waals surface area contributed by atoms with Crippen LogP contribution < -0.4 is 21.7 Å². The van der Waals surface area contributed by atoms with Crippen LogP contribution in [0.5, 0.6) is 0 Å². The van der Waals surface area contributed by atoms with E-state index in [1.165, 1.54) is 12.5 Å². The Morgan fingerprint density at radius 1 is 0.939 bits per heavy atom. The van der Waals surface area contributed by atoms with E-state index < -0.39 is 66.7 Å². The second-order valence-corrected chi connectivity index (χ2v) is 6.99. The number of rotatable bonds is 15. The van der Waals surface area contributed by atoms with Crippen molar-refractivity contribution in [2.45, 2.75) is 50.2 Å². The highest BCUT2D eigenvalue weighted by Crippen LogP contribution is 2.03. The average Bonchev–Trinajstić information content (AvgIpc) is 3.25. The van der Waals surface area contributed by atoms with Crippen molar-refractivity contribution in [3.05, 3.63) is 18.2 Å². The van der Waals surface area contributed by atoms with Gasteiger partial charge in [-0.3, -0.25) is 24.0 Å². The van der Waals surface area contributed by atoms with Gasteiger partial charge in [-0.1, -0.05) is 0 Å². The van der Waals surface area contributed by atoms with Crippen molar-refractivity contribution in [3.63, 3.8) is 0 Å². The van der Waals surface area contributed by atoms with Crippen molar-refractivity contribution in [1.29, 1.82) is 0 Å². The Balaban J connectivity index is 2.75. The van der Waals surface area contributed by atoms with Gasteiger partial charge in [-0.15, -0.1) is 0 Å². The molecule has 182 valence electrons. The molecule has 0 aliphatic rings. The fourth-order valence-corrected chi connectivity index (χ4v) is 2.58. The number of aliphatic carboxylic acids is 3. The number of imidazole rings is 1. The Hall–Kier alpha value is -4.01. The maximum Gasteiger partial charge on any atom is 0.326 e. The minimum Gasteiger partial charge on any atom is -0.481 e.